The highest BCUT2D eigenvalue weighted by Gasteiger charge is 2.22. The molecule has 0 spiro atoms. The molecule has 1 aromatic heterocycles. The van der Waals surface area contributed by atoms with Crippen molar-refractivity contribution in [2.24, 2.45) is 5.92 Å². The molecule has 0 unspecified atom stereocenters. The summed E-state index contributed by atoms with van der Waals surface area (Å²) >= 11 is 1.63. The van der Waals surface area contributed by atoms with Crippen LogP contribution in [0, 0.1) is 5.92 Å². The number of rotatable bonds is 4. The molecule has 0 aromatic carbocycles. The number of nitrogens with one attached hydrogen (secondary N) is 1. The molecule has 0 radical (unpaired) electrons. The summed E-state index contributed by atoms with van der Waals surface area (Å²) in [6.45, 7) is 7.62. The summed E-state index contributed by atoms with van der Waals surface area (Å²) in [5, 5.41) is 2.99. The Kier molecular flexibility index (Phi) is 4.98. The summed E-state index contributed by atoms with van der Waals surface area (Å²) in [5.74, 6) is 0.405. The van der Waals surface area contributed by atoms with E-state index in [9.17, 15) is 4.79 Å². The van der Waals surface area contributed by atoms with Gasteiger partial charge in [-0.15, -0.1) is 11.3 Å². The number of carbonyl (C=O) groups is 1. The maximum atomic E-state index is 11.8. The number of amides is 2. The molecule has 2 rings (SSSR count). The average molecular weight is 284 g/mol. The molecule has 1 aromatic rings. The van der Waals surface area contributed by atoms with E-state index in [4.69, 9.17) is 4.84 Å². The van der Waals surface area contributed by atoms with Crippen LogP contribution in [0.1, 0.15) is 13.8 Å². The van der Waals surface area contributed by atoms with Gasteiger partial charge in [-0.25, -0.2) is 15.3 Å². The van der Waals surface area contributed by atoms with Crippen molar-refractivity contribution in [3.05, 3.63) is 11.6 Å². The van der Waals surface area contributed by atoms with Crippen LogP contribution in [0.3, 0.4) is 0 Å². The van der Waals surface area contributed by atoms with Gasteiger partial charge < -0.3 is 9.80 Å². The van der Waals surface area contributed by atoms with Crippen LogP contribution in [0.25, 0.3) is 0 Å². The van der Waals surface area contributed by atoms with Gasteiger partial charge in [-0.2, -0.15) is 0 Å². The topological polar surface area (TPSA) is 57.7 Å². The van der Waals surface area contributed by atoms with Crippen LogP contribution in [-0.2, 0) is 4.84 Å². The molecule has 7 heteroatoms. The minimum Gasteiger partial charge on any atom is -0.345 e. The first-order valence-electron chi connectivity index (χ1n) is 6.48. The van der Waals surface area contributed by atoms with Crippen molar-refractivity contribution in [2.75, 3.05) is 37.7 Å². The Morgan fingerprint density at radius 1 is 1.47 bits per heavy atom. The molecular weight excluding hydrogens is 264 g/mol. The van der Waals surface area contributed by atoms with E-state index in [2.05, 4.69) is 15.4 Å². The van der Waals surface area contributed by atoms with Crippen molar-refractivity contribution in [1.82, 2.24) is 15.4 Å². The normalized spacial score (nSPS) is 15.9. The molecule has 1 fully saturated rings. The Labute approximate surface area is 117 Å². The zero-order chi connectivity index (χ0) is 13.7. The molecule has 2 amide bonds. The average Bonchev–Trinajstić information content (AvgIpc) is 2.92. The quantitative estimate of drug-likeness (QED) is 0.853. The zero-order valence-electron chi connectivity index (χ0n) is 11.3. The summed E-state index contributed by atoms with van der Waals surface area (Å²) in [4.78, 5) is 25.2. The van der Waals surface area contributed by atoms with Crippen molar-refractivity contribution >= 4 is 22.5 Å². The van der Waals surface area contributed by atoms with Gasteiger partial charge in [0, 0.05) is 37.8 Å². The summed E-state index contributed by atoms with van der Waals surface area (Å²) in [7, 11) is 0. The molecule has 6 nitrogen and oxygen atoms in total. The predicted octanol–water partition coefficient (Wildman–Crippen LogP) is 1.56. The summed E-state index contributed by atoms with van der Waals surface area (Å²) in [5.41, 5.74) is 2.49. The third-order valence-electron chi connectivity index (χ3n) is 2.83. The highest BCUT2D eigenvalue weighted by atomic mass is 32.1. The maximum absolute atomic E-state index is 11.8. The van der Waals surface area contributed by atoms with Gasteiger partial charge in [0.1, 0.15) is 0 Å². The van der Waals surface area contributed by atoms with Crippen LogP contribution in [0.5, 0.6) is 0 Å². The van der Waals surface area contributed by atoms with E-state index < -0.39 is 0 Å². The minimum absolute atomic E-state index is 0.153. The van der Waals surface area contributed by atoms with Gasteiger partial charge in [0.05, 0.1) is 6.61 Å². The molecule has 1 aliphatic rings. The second-order valence-corrected chi connectivity index (χ2v) is 5.77. The zero-order valence-corrected chi connectivity index (χ0v) is 12.2. The van der Waals surface area contributed by atoms with Crippen LogP contribution >= 0.6 is 11.3 Å². The fraction of sp³-hybridized carbons (Fsp3) is 0.667. The van der Waals surface area contributed by atoms with E-state index in [1.807, 2.05) is 19.2 Å². The Balaban J connectivity index is 1.72. The van der Waals surface area contributed by atoms with Gasteiger partial charge in [-0.3, -0.25) is 4.84 Å². The van der Waals surface area contributed by atoms with Gasteiger partial charge in [-0.05, 0) is 5.92 Å². The second kappa shape index (κ2) is 6.72. The standard InChI is InChI=1S/C12H20N4O2S/c1-10(2)9-18-14-11(17)15-4-6-16(7-5-15)12-13-3-8-19-12/h3,8,10H,4-7,9H2,1-2H3,(H,14,17). The molecular formula is C12H20N4O2S. The van der Waals surface area contributed by atoms with Crippen molar-refractivity contribution in [3.8, 4) is 0 Å². The van der Waals surface area contributed by atoms with E-state index in [1.54, 1.807) is 22.4 Å². The summed E-state index contributed by atoms with van der Waals surface area (Å²) in [6.07, 6.45) is 1.80. The van der Waals surface area contributed by atoms with E-state index in [1.165, 1.54) is 0 Å². The van der Waals surface area contributed by atoms with E-state index in [-0.39, 0.29) is 6.03 Å². The number of piperazine rings is 1. The molecule has 1 N–H and O–H groups in total. The molecule has 1 aliphatic heterocycles. The first kappa shape index (κ1) is 14.1. The van der Waals surface area contributed by atoms with Gasteiger partial charge >= 0.3 is 6.03 Å². The highest BCUT2D eigenvalue weighted by molar-refractivity contribution is 7.13. The third kappa shape index (κ3) is 4.07. The van der Waals surface area contributed by atoms with Crippen LogP contribution in [0.2, 0.25) is 0 Å². The lowest BCUT2D eigenvalue weighted by molar-refractivity contribution is 0.0320. The molecule has 0 aliphatic carbocycles. The van der Waals surface area contributed by atoms with Crippen LogP contribution in [0.15, 0.2) is 11.6 Å². The molecule has 2 heterocycles. The predicted molar refractivity (Wildman–Crippen MR) is 75.2 cm³/mol. The second-order valence-electron chi connectivity index (χ2n) is 4.90. The number of urea groups is 1. The Hall–Kier alpha value is -1.34. The Morgan fingerprint density at radius 2 is 2.21 bits per heavy atom. The minimum atomic E-state index is -0.153. The lowest BCUT2D eigenvalue weighted by Gasteiger charge is -2.34. The van der Waals surface area contributed by atoms with Gasteiger partial charge in [0.2, 0.25) is 0 Å². The molecule has 1 saturated heterocycles. The fourth-order valence-electron chi connectivity index (χ4n) is 1.81. The summed E-state index contributed by atoms with van der Waals surface area (Å²) in [6, 6.07) is -0.153. The van der Waals surface area contributed by atoms with Gasteiger partial charge in [-0.1, -0.05) is 13.8 Å². The highest BCUT2D eigenvalue weighted by Crippen LogP contribution is 2.18. The Bertz CT molecular complexity index is 388. The van der Waals surface area contributed by atoms with E-state index in [0.717, 1.165) is 18.2 Å². The van der Waals surface area contributed by atoms with Crippen molar-refractivity contribution in [2.45, 2.75) is 13.8 Å². The largest absolute Gasteiger partial charge is 0.345 e. The van der Waals surface area contributed by atoms with Gasteiger partial charge in [0.25, 0.3) is 0 Å². The SMILES string of the molecule is CC(C)CONC(=O)N1CCN(c2nccs2)CC1. The third-order valence-corrected chi connectivity index (χ3v) is 3.67. The summed E-state index contributed by atoms with van der Waals surface area (Å²) < 4.78 is 0. The Morgan fingerprint density at radius 3 is 2.79 bits per heavy atom. The number of thiazole rings is 1. The number of hydroxylamine groups is 1. The first-order valence-corrected chi connectivity index (χ1v) is 7.36. The van der Waals surface area contributed by atoms with Crippen molar-refractivity contribution in [1.29, 1.82) is 0 Å². The van der Waals surface area contributed by atoms with Gasteiger partial charge in [0.15, 0.2) is 5.13 Å². The molecule has 19 heavy (non-hydrogen) atoms. The first-order chi connectivity index (χ1) is 9.16. The van der Waals surface area contributed by atoms with E-state index >= 15 is 0 Å². The number of carbonyl (C=O) groups excluding carboxylic acids is 1. The number of aromatic nitrogens is 1. The van der Waals surface area contributed by atoms with E-state index in [0.29, 0.717) is 25.6 Å². The number of anilines is 1. The smallest absolute Gasteiger partial charge is 0.341 e. The maximum Gasteiger partial charge on any atom is 0.341 e. The number of hydrogen-bond donors (Lipinski definition) is 1. The fourth-order valence-corrected chi connectivity index (χ4v) is 2.50. The lowest BCUT2D eigenvalue weighted by atomic mass is 10.2. The van der Waals surface area contributed by atoms with Crippen molar-refractivity contribution < 1.29 is 9.63 Å². The monoisotopic (exact) mass is 284 g/mol. The molecule has 0 atom stereocenters. The molecule has 0 saturated carbocycles. The molecule has 106 valence electrons. The number of hydrogen-bond acceptors (Lipinski definition) is 5. The van der Waals surface area contributed by atoms with Crippen molar-refractivity contribution in [3.63, 3.8) is 0 Å². The van der Waals surface area contributed by atoms with Crippen LogP contribution in [-0.4, -0.2) is 48.7 Å². The van der Waals surface area contributed by atoms with Crippen LogP contribution in [0.4, 0.5) is 9.93 Å². The molecule has 0 bridgehead atoms. The lowest BCUT2D eigenvalue weighted by Crippen LogP contribution is -2.52. The number of nitrogens with zero attached hydrogens (tertiary/aromatic N) is 3. The van der Waals surface area contributed by atoms with Crippen LogP contribution < -0.4 is 10.4 Å².